The van der Waals surface area contributed by atoms with E-state index in [9.17, 15) is 0 Å². The van der Waals surface area contributed by atoms with Crippen LogP contribution in [0.3, 0.4) is 0 Å². The molecule has 108 valence electrons. The Hall–Kier alpha value is -0.370. The number of likely N-dealkylation sites (tertiary alicyclic amines) is 1. The van der Waals surface area contributed by atoms with E-state index in [4.69, 9.17) is 0 Å². The van der Waals surface area contributed by atoms with Gasteiger partial charge in [-0.15, -0.1) is 35.3 Å². The average molecular weight is 394 g/mol. The summed E-state index contributed by atoms with van der Waals surface area (Å²) in [5.74, 6) is 1.04. The van der Waals surface area contributed by atoms with Crippen LogP contribution >= 0.6 is 35.3 Å². The first kappa shape index (κ1) is 16.7. The van der Waals surface area contributed by atoms with Crippen molar-refractivity contribution in [3.05, 3.63) is 16.1 Å². The molecule has 1 aliphatic heterocycles. The highest BCUT2D eigenvalue weighted by atomic mass is 127. The third-order valence-corrected chi connectivity index (χ3v) is 4.08. The molecule has 0 spiro atoms. The van der Waals surface area contributed by atoms with Gasteiger partial charge in [-0.25, -0.2) is 9.98 Å². The van der Waals surface area contributed by atoms with Crippen molar-refractivity contribution in [1.29, 1.82) is 0 Å². The second-order valence-electron chi connectivity index (χ2n) is 4.45. The van der Waals surface area contributed by atoms with E-state index >= 15 is 0 Å². The van der Waals surface area contributed by atoms with Gasteiger partial charge in [-0.05, 0) is 26.2 Å². The molecular weight excluding hydrogens is 371 g/mol. The summed E-state index contributed by atoms with van der Waals surface area (Å²) in [5, 5.41) is 6.69. The van der Waals surface area contributed by atoms with E-state index in [-0.39, 0.29) is 24.0 Å². The van der Waals surface area contributed by atoms with Crippen LogP contribution in [0.4, 0.5) is 0 Å². The molecule has 1 aromatic heterocycles. The molecule has 1 aliphatic rings. The molecule has 19 heavy (non-hydrogen) atoms. The predicted molar refractivity (Wildman–Crippen MR) is 92.5 cm³/mol. The largest absolute Gasteiger partial charge is 0.357 e. The van der Waals surface area contributed by atoms with Gasteiger partial charge in [-0.2, -0.15) is 0 Å². The van der Waals surface area contributed by atoms with Crippen LogP contribution in [0.15, 0.2) is 10.4 Å². The van der Waals surface area contributed by atoms with Crippen LogP contribution in [0.5, 0.6) is 0 Å². The number of rotatable bonds is 4. The van der Waals surface area contributed by atoms with E-state index in [1.807, 2.05) is 0 Å². The van der Waals surface area contributed by atoms with Gasteiger partial charge in [-0.3, -0.25) is 0 Å². The number of aliphatic imine (C=N–C) groups is 1. The van der Waals surface area contributed by atoms with Crippen LogP contribution in [0.1, 0.15) is 37.4 Å². The highest BCUT2D eigenvalue weighted by Crippen LogP contribution is 2.12. The molecule has 2 heterocycles. The fourth-order valence-corrected chi connectivity index (χ4v) is 2.83. The van der Waals surface area contributed by atoms with Gasteiger partial charge in [0.15, 0.2) is 5.96 Å². The summed E-state index contributed by atoms with van der Waals surface area (Å²) in [4.78, 5) is 11.6. The van der Waals surface area contributed by atoms with Crippen LogP contribution in [0.25, 0.3) is 0 Å². The molecule has 4 nitrogen and oxygen atoms in total. The van der Waals surface area contributed by atoms with E-state index in [1.165, 1.54) is 17.8 Å². The molecule has 0 amide bonds. The minimum Gasteiger partial charge on any atom is -0.357 e. The molecule has 1 N–H and O–H groups in total. The highest BCUT2D eigenvalue weighted by Gasteiger charge is 2.15. The Labute approximate surface area is 136 Å². The summed E-state index contributed by atoms with van der Waals surface area (Å²) >= 11 is 1.73. The molecule has 0 atom stereocenters. The first-order valence-corrected chi connectivity index (χ1v) is 7.68. The van der Waals surface area contributed by atoms with E-state index < -0.39 is 0 Å². The minimum atomic E-state index is 0. The lowest BCUT2D eigenvalue weighted by Gasteiger charge is -2.20. The molecule has 0 radical (unpaired) electrons. The molecule has 1 saturated heterocycles. The first-order chi connectivity index (χ1) is 8.83. The predicted octanol–water partition coefficient (Wildman–Crippen LogP) is 2.88. The zero-order valence-electron chi connectivity index (χ0n) is 11.7. The Kier molecular flexibility index (Phi) is 7.67. The van der Waals surface area contributed by atoms with Gasteiger partial charge in [0.2, 0.25) is 0 Å². The van der Waals surface area contributed by atoms with E-state index in [0.29, 0.717) is 6.54 Å². The number of thiazole rings is 1. The van der Waals surface area contributed by atoms with Gasteiger partial charge in [0, 0.05) is 25.0 Å². The van der Waals surface area contributed by atoms with Crippen molar-refractivity contribution in [2.45, 2.75) is 39.7 Å². The van der Waals surface area contributed by atoms with E-state index in [0.717, 1.165) is 37.7 Å². The Balaban J connectivity index is 0.00000180. The smallest absolute Gasteiger partial charge is 0.194 e. The van der Waals surface area contributed by atoms with E-state index in [2.05, 4.69) is 39.4 Å². The summed E-state index contributed by atoms with van der Waals surface area (Å²) in [6.45, 7) is 8.12. The van der Waals surface area contributed by atoms with Crippen molar-refractivity contribution >= 4 is 41.3 Å². The number of hydrogen-bond acceptors (Lipinski definition) is 3. The molecule has 0 bridgehead atoms. The number of halogens is 1. The Morgan fingerprint density at radius 3 is 2.74 bits per heavy atom. The highest BCUT2D eigenvalue weighted by molar-refractivity contribution is 14.0. The van der Waals surface area contributed by atoms with Crippen molar-refractivity contribution in [3.8, 4) is 0 Å². The Morgan fingerprint density at radius 2 is 2.16 bits per heavy atom. The summed E-state index contributed by atoms with van der Waals surface area (Å²) in [5.41, 5.74) is 1.09. The Morgan fingerprint density at radius 1 is 1.42 bits per heavy atom. The monoisotopic (exact) mass is 394 g/mol. The molecule has 0 aromatic carbocycles. The maximum Gasteiger partial charge on any atom is 0.194 e. The molecule has 1 aromatic rings. The van der Waals surface area contributed by atoms with Crippen molar-refractivity contribution in [3.63, 3.8) is 0 Å². The average Bonchev–Trinajstić information content (AvgIpc) is 3.05. The lowest BCUT2D eigenvalue weighted by molar-refractivity contribution is 0.493. The number of hydrogen-bond donors (Lipinski definition) is 1. The van der Waals surface area contributed by atoms with Crippen LogP contribution in [0.2, 0.25) is 0 Å². The number of aromatic nitrogens is 1. The third kappa shape index (κ3) is 4.91. The first-order valence-electron chi connectivity index (χ1n) is 6.80. The van der Waals surface area contributed by atoms with Crippen molar-refractivity contribution in [2.75, 3.05) is 19.6 Å². The maximum atomic E-state index is 4.69. The van der Waals surface area contributed by atoms with Crippen LogP contribution in [-0.4, -0.2) is 35.5 Å². The molecular formula is C13H23IN4S. The molecule has 0 aliphatic carbocycles. The normalized spacial score (nSPS) is 15.5. The minimum absolute atomic E-state index is 0. The third-order valence-electron chi connectivity index (χ3n) is 3.03. The number of nitrogens with one attached hydrogen (secondary N) is 1. The summed E-state index contributed by atoms with van der Waals surface area (Å²) in [7, 11) is 0. The number of aryl methyl sites for hydroxylation is 1. The maximum absolute atomic E-state index is 4.69. The fourth-order valence-electron chi connectivity index (χ4n) is 2.09. The van der Waals surface area contributed by atoms with Crippen molar-refractivity contribution in [2.24, 2.45) is 4.99 Å². The lowest BCUT2D eigenvalue weighted by Crippen LogP contribution is -2.39. The van der Waals surface area contributed by atoms with Gasteiger partial charge < -0.3 is 10.2 Å². The molecule has 0 saturated carbocycles. The lowest BCUT2D eigenvalue weighted by atomic mass is 10.4. The molecule has 2 rings (SSSR count). The summed E-state index contributed by atoms with van der Waals surface area (Å²) < 4.78 is 0. The second-order valence-corrected chi connectivity index (χ2v) is 5.39. The topological polar surface area (TPSA) is 40.5 Å². The van der Waals surface area contributed by atoms with Crippen LogP contribution in [-0.2, 0) is 13.0 Å². The van der Waals surface area contributed by atoms with Crippen molar-refractivity contribution < 1.29 is 0 Å². The SMILES string of the molecule is CCNC(=NCc1csc(CC)n1)N1CCCC1.I. The fraction of sp³-hybridized carbons (Fsp3) is 0.692. The zero-order chi connectivity index (χ0) is 12.8. The Bertz CT molecular complexity index is 399. The van der Waals surface area contributed by atoms with Gasteiger partial charge in [-0.1, -0.05) is 6.92 Å². The second kappa shape index (κ2) is 8.73. The standard InChI is InChI=1S/C13H22N4S.HI/c1-3-12-16-11(10-18-12)9-15-13(14-4-2)17-7-5-6-8-17;/h10H,3-9H2,1-2H3,(H,14,15);1H. The van der Waals surface area contributed by atoms with Gasteiger partial charge in [0.25, 0.3) is 0 Å². The van der Waals surface area contributed by atoms with E-state index in [1.54, 1.807) is 11.3 Å². The molecule has 6 heteroatoms. The van der Waals surface area contributed by atoms with Crippen molar-refractivity contribution in [1.82, 2.24) is 15.2 Å². The van der Waals surface area contributed by atoms with Crippen LogP contribution in [0, 0.1) is 0 Å². The van der Waals surface area contributed by atoms with Gasteiger partial charge in [0.1, 0.15) is 0 Å². The van der Waals surface area contributed by atoms with Crippen LogP contribution < -0.4 is 5.32 Å². The molecule has 0 unspecified atom stereocenters. The summed E-state index contributed by atoms with van der Waals surface area (Å²) in [6, 6.07) is 0. The summed E-state index contributed by atoms with van der Waals surface area (Å²) in [6.07, 6.45) is 3.57. The number of guanidine groups is 1. The molecule has 1 fully saturated rings. The van der Waals surface area contributed by atoms with Gasteiger partial charge >= 0.3 is 0 Å². The number of nitrogens with zero attached hydrogens (tertiary/aromatic N) is 3. The quantitative estimate of drug-likeness (QED) is 0.485. The zero-order valence-corrected chi connectivity index (χ0v) is 14.8. The van der Waals surface area contributed by atoms with Gasteiger partial charge in [0.05, 0.1) is 17.2 Å².